The molecule has 0 aliphatic carbocycles. The lowest BCUT2D eigenvalue weighted by molar-refractivity contribution is 0.214. The second-order valence-electron chi connectivity index (χ2n) is 9.09. The molecule has 0 saturated carbocycles. The van der Waals surface area contributed by atoms with Gasteiger partial charge in [0.25, 0.3) is 0 Å². The van der Waals surface area contributed by atoms with E-state index in [1.165, 1.54) is 16.7 Å². The molecule has 1 aromatic carbocycles. The van der Waals surface area contributed by atoms with Crippen LogP contribution >= 0.6 is 23.2 Å². The quantitative estimate of drug-likeness (QED) is 0.315. The highest BCUT2D eigenvalue weighted by molar-refractivity contribution is 7.89. The van der Waals surface area contributed by atoms with Crippen LogP contribution in [-0.4, -0.2) is 69.3 Å². The number of nitrogens with two attached hydrogens (primary N) is 1. The van der Waals surface area contributed by atoms with Crippen molar-refractivity contribution in [2.45, 2.75) is 25.3 Å². The number of nitrogens with zero attached hydrogens (tertiary/aromatic N) is 6. The highest BCUT2D eigenvalue weighted by Crippen LogP contribution is 2.33. The Hall–Kier alpha value is -3.03. The molecule has 3 aromatic heterocycles. The summed E-state index contributed by atoms with van der Waals surface area (Å²) in [6, 6.07) is 5.43. The van der Waals surface area contributed by atoms with Gasteiger partial charge in [-0.3, -0.25) is 15.8 Å². The van der Waals surface area contributed by atoms with Crippen molar-refractivity contribution in [3.8, 4) is 17.0 Å². The Morgan fingerprint density at radius 1 is 1.03 bits per heavy atom. The summed E-state index contributed by atoms with van der Waals surface area (Å²) in [5.41, 5.74) is 8.84. The summed E-state index contributed by atoms with van der Waals surface area (Å²) in [6.45, 7) is 5.22. The third kappa shape index (κ3) is 5.14. The van der Waals surface area contributed by atoms with Crippen LogP contribution in [0.5, 0.6) is 5.75 Å². The summed E-state index contributed by atoms with van der Waals surface area (Å²) in [5.74, 6) is 1.04. The van der Waals surface area contributed by atoms with Crippen molar-refractivity contribution in [3.05, 3.63) is 58.6 Å². The molecule has 3 N–H and O–H groups in total. The lowest BCUT2D eigenvalue weighted by atomic mass is 10.1. The van der Waals surface area contributed by atoms with Gasteiger partial charge < -0.3 is 9.64 Å². The fourth-order valence-electron chi connectivity index (χ4n) is 4.23. The second-order valence-corrected chi connectivity index (χ2v) is 12.4. The summed E-state index contributed by atoms with van der Waals surface area (Å²) in [4.78, 5) is 15.0. The van der Waals surface area contributed by atoms with E-state index in [2.05, 4.69) is 25.1 Å². The van der Waals surface area contributed by atoms with Crippen LogP contribution in [0.3, 0.4) is 0 Å². The number of aromatic amines is 1. The Morgan fingerprint density at radius 2 is 1.68 bits per heavy atom. The van der Waals surface area contributed by atoms with Gasteiger partial charge in [0.1, 0.15) is 11.4 Å². The predicted octanol–water partition coefficient (Wildman–Crippen LogP) is 3.62. The van der Waals surface area contributed by atoms with Crippen molar-refractivity contribution >= 4 is 50.1 Å². The van der Waals surface area contributed by atoms with Gasteiger partial charge >= 0.3 is 0 Å². The maximum atomic E-state index is 12.4. The van der Waals surface area contributed by atoms with Gasteiger partial charge in [-0.2, -0.15) is 9.40 Å². The van der Waals surface area contributed by atoms with Gasteiger partial charge in [-0.1, -0.05) is 23.2 Å². The zero-order chi connectivity index (χ0) is 27.0. The van der Waals surface area contributed by atoms with Gasteiger partial charge in [0.2, 0.25) is 16.0 Å². The number of anilines is 1. The first kappa shape index (κ1) is 26.6. The molecule has 14 heteroatoms. The highest BCUT2D eigenvalue weighted by Gasteiger charge is 2.30. The molecule has 5 rings (SSSR count). The van der Waals surface area contributed by atoms with Crippen LogP contribution < -0.4 is 15.4 Å². The lowest BCUT2D eigenvalue weighted by Gasteiger charge is -2.34. The van der Waals surface area contributed by atoms with Crippen molar-refractivity contribution in [3.63, 3.8) is 0 Å². The van der Waals surface area contributed by atoms with Crippen LogP contribution in [-0.2, 0) is 10.0 Å². The predicted molar refractivity (Wildman–Crippen MR) is 147 cm³/mol. The molecule has 1 aliphatic heterocycles. The number of benzene rings is 1. The first-order valence-electron chi connectivity index (χ1n) is 11.9. The van der Waals surface area contributed by atoms with E-state index in [9.17, 15) is 8.42 Å². The Morgan fingerprint density at radius 3 is 2.32 bits per heavy atom. The molecular weight excluding hydrogens is 551 g/mol. The number of rotatable bonds is 7. The Kier molecular flexibility index (Phi) is 7.43. The Labute approximate surface area is 230 Å². The number of sulfonamides is 1. The van der Waals surface area contributed by atoms with Crippen molar-refractivity contribution in [1.29, 1.82) is 0 Å². The maximum absolute atomic E-state index is 12.4. The zero-order valence-corrected chi connectivity index (χ0v) is 23.0. The van der Waals surface area contributed by atoms with Crippen molar-refractivity contribution in [2.24, 2.45) is 5.73 Å². The summed E-state index contributed by atoms with van der Waals surface area (Å²) in [5, 5.41) is 8.43. The zero-order valence-electron chi connectivity index (χ0n) is 20.7. The van der Waals surface area contributed by atoms with Crippen LogP contribution in [0.1, 0.15) is 25.6 Å². The third-order valence-electron chi connectivity index (χ3n) is 6.36. The van der Waals surface area contributed by atoms with Gasteiger partial charge in [0.15, 0.2) is 6.23 Å². The topological polar surface area (TPSA) is 143 Å². The summed E-state index contributed by atoms with van der Waals surface area (Å²) < 4.78 is 32.3. The van der Waals surface area contributed by atoms with Gasteiger partial charge in [-0.05, 0) is 32.0 Å². The second kappa shape index (κ2) is 10.6. The molecule has 4 heterocycles. The fraction of sp³-hybridized carbons (Fsp3) is 0.333. The van der Waals surface area contributed by atoms with Crippen LogP contribution in [0, 0.1) is 0 Å². The highest BCUT2D eigenvalue weighted by atomic mass is 35.5. The van der Waals surface area contributed by atoms with Crippen molar-refractivity contribution in [2.75, 3.05) is 31.1 Å². The van der Waals surface area contributed by atoms with E-state index in [0.29, 0.717) is 64.7 Å². The molecule has 0 radical (unpaired) electrons. The van der Waals surface area contributed by atoms with E-state index in [4.69, 9.17) is 33.7 Å². The number of hydrogen-bond acceptors (Lipinski definition) is 9. The number of H-pyrrole nitrogens is 1. The minimum atomic E-state index is -3.27. The first-order valence-corrected chi connectivity index (χ1v) is 14.2. The minimum absolute atomic E-state index is 0.315. The molecule has 1 fully saturated rings. The largest absolute Gasteiger partial charge is 0.471 e. The van der Waals surface area contributed by atoms with Crippen LogP contribution in [0.2, 0.25) is 10.0 Å². The van der Waals surface area contributed by atoms with E-state index >= 15 is 0 Å². The number of ether oxygens (including phenoxy) is 1. The average molecular weight is 577 g/mol. The van der Waals surface area contributed by atoms with Crippen LogP contribution in [0.4, 0.5) is 5.95 Å². The van der Waals surface area contributed by atoms with Crippen LogP contribution in [0.25, 0.3) is 22.2 Å². The number of halogens is 2. The maximum Gasteiger partial charge on any atom is 0.225 e. The van der Waals surface area contributed by atoms with E-state index < -0.39 is 21.5 Å². The molecule has 1 aliphatic rings. The fourth-order valence-corrected chi connectivity index (χ4v) is 6.08. The monoisotopic (exact) mass is 576 g/mol. The summed E-state index contributed by atoms with van der Waals surface area (Å²) in [7, 11) is -3.27. The molecule has 4 aromatic rings. The van der Waals surface area contributed by atoms with Gasteiger partial charge in [0.05, 0.1) is 20.8 Å². The Balaban J connectivity index is 1.32. The number of nitrogens with one attached hydrogen (secondary N) is 1. The number of pyridine rings is 1. The number of hydrogen-bond donors (Lipinski definition) is 2. The molecule has 0 unspecified atom stereocenters. The minimum Gasteiger partial charge on any atom is -0.471 e. The molecule has 1 saturated heterocycles. The SMILES string of the molecule is CC(C)S(=O)(=O)N1CCN(c2ncc(-c3n[nH]c4ccc(O[C@H](N)c5c(Cl)cncc5Cl)cc34)cn2)CC1. The summed E-state index contributed by atoms with van der Waals surface area (Å²) >= 11 is 12.4. The number of fused-ring (bicyclic) bond motifs is 1. The third-order valence-corrected chi connectivity index (χ3v) is 9.24. The number of piperazine rings is 1. The molecule has 0 amide bonds. The van der Waals surface area contributed by atoms with Crippen molar-refractivity contribution < 1.29 is 13.2 Å². The van der Waals surface area contributed by atoms with E-state index in [-0.39, 0.29) is 0 Å². The molecule has 0 bridgehead atoms. The number of aromatic nitrogens is 5. The standard InChI is InChI=1S/C24H26Cl2N8O3S/c1-14(2)38(35,36)34-7-5-33(6-8-34)24-29-10-15(11-30-24)22-17-9-16(3-4-20(17)31-32-22)37-23(27)21-18(25)12-28-13-19(21)26/h3-4,9-14,23H,5-8,27H2,1-2H3,(H,31,32)/t23-/m0/s1. The molecular formula is C24H26Cl2N8O3S. The van der Waals surface area contributed by atoms with Gasteiger partial charge in [-0.15, -0.1) is 0 Å². The molecule has 0 spiro atoms. The molecule has 200 valence electrons. The molecule has 38 heavy (non-hydrogen) atoms. The molecule has 1 atom stereocenters. The van der Waals surface area contributed by atoms with Crippen LogP contribution in [0.15, 0.2) is 43.0 Å². The van der Waals surface area contributed by atoms with E-state index in [1.54, 1.807) is 32.3 Å². The average Bonchev–Trinajstić information content (AvgIpc) is 3.32. The smallest absolute Gasteiger partial charge is 0.225 e. The lowest BCUT2D eigenvalue weighted by Crippen LogP contribution is -2.50. The Bertz CT molecular complexity index is 1530. The normalized spacial score (nSPS) is 15.8. The van der Waals surface area contributed by atoms with E-state index in [0.717, 1.165) is 10.9 Å². The molecule has 11 nitrogen and oxygen atoms in total. The van der Waals surface area contributed by atoms with Crippen molar-refractivity contribution in [1.82, 2.24) is 29.5 Å². The van der Waals surface area contributed by atoms with Gasteiger partial charge in [-0.25, -0.2) is 18.4 Å². The first-order chi connectivity index (χ1) is 18.1. The van der Waals surface area contributed by atoms with Gasteiger partial charge in [0, 0.05) is 67.5 Å². The van der Waals surface area contributed by atoms with E-state index in [1.807, 2.05) is 17.0 Å². The summed E-state index contributed by atoms with van der Waals surface area (Å²) in [6.07, 6.45) is 5.42.